The van der Waals surface area contributed by atoms with Crippen molar-refractivity contribution in [3.05, 3.63) is 10.6 Å². The fraction of sp³-hybridized carbons (Fsp3) is 0.846. The van der Waals surface area contributed by atoms with Crippen LogP contribution in [-0.4, -0.2) is 29.3 Å². The summed E-state index contributed by atoms with van der Waals surface area (Å²) >= 11 is 1.57. The lowest BCUT2D eigenvalue weighted by molar-refractivity contribution is 0.0541. The molecular weight excluding hydrogens is 246 g/mol. The van der Waals surface area contributed by atoms with Crippen LogP contribution in [-0.2, 0) is 11.2 Å². The van der Waals surface area contributed by atoms with E-state index in [0.717, 1.165) is 45.4 Å². The van der Waals surface area contributed by atoms with Gasteiger partial charge < -0.3 is 10.1 Å². The molecule has 0 spiro atoms. The smallest absolute Gasteiger partial charge is 0.0803 e. The van der Waals surface area contributed by atoms with Crippen LogP contribution in [0.4, 0.5) is 0 Å². The van der Waals surface area contributed by atoms with Gasteiger partial charge in [-0.1, -0.05) is 24.8 Å². The Hall–Kier alpha value is -0.520. The molecule has 1 saturated heterocycles. The van der Waals surface area contributed by atoms with E-state index in [1.165, 1.54) is 10.6 Å². The number of aromatic nitrogens is 2. The standard InChI is InChI=1S/C13H23N3OS/c1-3-5-11-13(18-16-15-11)12(14-4-2)10-6-8-17-9-7-10/h10,12,14H,3-9H2,1-2H3. The Bertz CT molecular complexity index is 350. The van der Waals surface area contributed by atoms with Crippen molar-refractivity contribution in [3.63, 3.8) is 0 Å². The third kappa shape index (κ3) is 3.28. The van der Waals surface area contributed by atoms with Gasteiger partial charge in [0, 0.05) is 19.3 Å². The van der Waals surface area contributed by atoms with Crippen molar-refractivity contribution < 1.29 is 4.74 Å². The highest BCUT2D eigenvalue weighted by atomic mass is 32.1. The highest BCUT2D eigenvalue weighted by molar-refractivity contribution is 7.05. The second-order valence-electron chi connectivity index (χ2n) is 4.82. The molecule has 2 heterocycles. The molecule has 18 heavy (non-hydrogen) atoms. The van der Waals surface area contributed by atoms with Gasteiger partial charge in [-0.15, -0.1) is 5.10 Å². The van der Waals surface area contributed by atoms with Crippen molar-refractivity contribution in [2.24, 2.45) is 5.92 Å². The fourth-order valence-corrected chi connectivity index (χ4v) is 3.47. The van der Waals surface area contributed by atoms with Gasteiger partial charge in [0.05, 0.1) is 10.6 Å². The number of nitrogens with zero attached hydrogens (tertiary/aromatic N) is 2. The van der Waals surface area contributed by atoms with Gasteiger partial charge in [-0.2, -0.15) is 0 Å². The molecule has 1 aliphatic heterocycles. The zero-order valence-electron chi connectivity index (χ0n) is 11.3. The van der Waals surface area contributed by atoms with Crippen LogP contribution in [0.1, 0.15) is 49.7 Å². The first-order chi connectivity index (χ1) is 8.86. The molecule has 1 aromatic rings. The molecule has 0 saturated carbocycles. The Labute approximate surface area is 113 Å². The summed E-state index contributed by atoms with van der Waals surface area (Å²) in [4.78, 5) is 1.35. The molecule has 1 aliphatic rings. The maximum absolute atomic E-state index is 5.47. The Morgan fingerprint density at radius 2 is 2.17 bits per heavy atom. The van der Waals surface area contributed by atoms with Crippen molar-refractivity contribution in [3.8, 4) is 0 Å². The largest absolute Gasteiger partial charge is 0.381 e. The second kappa shape index (κ2) is 7.16. The van der Waals surface area contributed by atoms with E-state index < -0.39 is 0 Å². The highest BCUT2D eigenvalue weighted by Crippen LogP contribution is 2.33. The number of rotatable bonds is 6. The molecule has 0 aromatic carbocycles. The van der Waals surface area contributed by atoms with E-state index in [0.29, 0.717) is 12.0 Å². The molecule has 5 heteroatoms. The van der Waals surface area contributed by atoms with Gasteiger partial charge in [-0.3, -0.25) is 0 Å². The maximum Gasteiger partial charge on any atom is 0.0803 e. The average Bonchev–Trinajstić information content (AvgIpc) is 2.85. The second-order valence-corrected chi connectivity index (χ2v) is 5.60. The van der Waals surface area contributed by atoms with Gasteiger partial charge in [0.15, 0.2) is 0 Å². The lowest BCUT2D eigenvalue weighted by atomic mass is 9.89. The van der Waals surface area contributed by atoms with Crippen LogP contribution in [0.5, 0.6) is 0 Å². The first-order valence-electron chi connectivity index (χ1n) is 6.99. The molecule has 0 amide bonds. The summed E-state index contributed by atoms with van der Waals surface area (Å²) in [7, 11) is 0. The van der Waals surface area contributed by atoms with Crippen molar-refractivity contribution >= 4 is 11.5 Å². The molecule has 102 valence electrons. The van der Waals surface area contributed by atoms with E-state index in [1.807, 2.05) is 0 Å². The monoisotopic (exact) mass is 269 g/mol. The summed E-state index contributed by atoms with van der Waals surface area (Å²) in [6.07, 6.45) is 4.45. The topological polar surface area (TPSA) is 47.0 Å². The van der Waals surface area contributed by atoms with Crippen molar-refractivity contribution in [2.75, 3.05) is 19.8 Å². The lowest BCUT2D eigenvalue weighted by Gasteiger charge is -2.30. The Balaban J connectivity index is 2.14. The molecule has 0 radical (unpaired) electrons. The van der Waals surface area contributed by atoms with E-state index in [4.69, 9.17) is 4.74 Å². The maximum atomic E-state index is 5.47. The lowest BCUT2D eigenvalue weighted by Crippen LogP contribution is -2.32. The summed E-state index contributed by atoms with van der Waals surface area (Å²) < 4.78 is 9.63. The Kier molecular flexibility index (Phi) is 5.53. The minimum absolute atomic E-state index is 0.417. The number of hydrogen-bond donors (Lipinski definition) is 1. The first-order valence-corrected chi connectivity index (χ1v) is 7.76. The van der Waals surface area contributed by atoms with E-state index in [1.54, 1.807) is 11.5 Å². The third-order valence-electron chi connectivity index (χ3n) is 3.52. The number of aryl methyl sites for hydroxylation is 1. The molecule has 2 rings (SSSR count). The SMILES string of the molecule is CCCc1nnsc1C(NCC)C1CCOCC1. The van der Waals surface area contributed by atoms with Gasteiger partial charge in [0.2, 0.25) is 0 Å². The van der Waals surface area contributed by atoms with E-state index >= 15 is 0 Å². The van der Waals surface area contributed by atoms with Crippen molar-refractivity contribution in [2.45, 2.75) is 45.6 Å². The average molecular weight is 269 g/mol. The van der Waals surface area contributed by atoms with E-state index in [-0.39, 0.29) is 0 Å². The fourth-order valence-electron chi connectivity index (χ4n) is 2.60. The van der Waals surface area contributed by atoms with Gasteiger partial charge in [0.1, 0.15) is 0 Å². The van der Waals surface area contributed by atoms with Crippen molar-refractivity contribution in [1.82, 2.24) is 14.9 Å². The van der Waals surface area contributed by atoms with Gasteiger partial charge in [-0.05, 0) is 43.3 Å². The van der Waals surface area contributed by atoms with Crippen LogP contribution in [0.25, 0.3) is 0 Å². The molecule has 1 unspecified atom stereocenters. The first kappa shape index (κ1) is 13.9. The molecule has 0 aliphatic carbocycles. The Morgan fingerprint density at radius 3 is 2.83 bits per heavy atom. The highest BCUT2D eigenvalue weighted by Gasteiger charge is 2.28. The molecule has 1 atom stereocenters. The molecule has 1 aromatic heterocycles. The third-order valence-corrected chi connectivity index (χ3v) is 4.37. The zero-order chi connectivity index (χ0) is 12.8. The normalized spacial score (nSPS) is 19.0. The van der Waals surface area contributed by atoms with Gasteiger partial charge in [-0.25, -0.2) is 0 Å². The van der Waals surface area contributed by atoms with Crippen LogP contribution < -0.4 is 5.32 Å². The van der Waals surface area contributed by atoms with Gasteiger partial charge in [0.25, 0.3) is 0 Å². The summed E-state index contributed by atoms with van der Waals surface area (Å²) in [5, 5.41) is 7.93. The van der Waals surface area contributed by atoms with Crippen LogP contribution in [0.3, 0.4) is 0 Å². The summed E-state index contributed by atoms with van der Waals surface area (Å²) in [5.41, 5.74) is 1.19. The molecule has 1 fully saturated rings. The minimum atomic E-state index is 0.417. The van der Waals surface area contributed by atoms with Gasteiger partial charge >= 0.3 is 0 Å². The van der Waals surface area contributed by atoms with Crippen LogP contribution in [0.15, 0.2) is 0 Å². The van der Waals surface area contributed by atoms with Crippen molar-refractivity contribution in [1.29, 1.82) is 0 Å². The molecule has 1 N–H and O–H groups in total. The predicted octanol–water partition coefficient (Wildman–Crippen LogP) is 2.57. The number of hydrogen-bond acceptors (Lipinski definition) is 5. The summed E-state index contributed by atoms with van der Waals surface area (Å²) in [5.74, 6) is 0.663. The molecular formula is C13H23N3OS. The van der Waals surface area contributed by atoms with Crippen LogP contribution in [0, 0.1) is 5.92 Å². The van der Waals surface area contributed by atoms with Crippen LogP contribution in [0.2, 0.25) is 0 Å². The number of ether oxygens (including phenoxy) is 1. The van der Waals surface area contributed by atoms with E-state index in [2.05, 4.69) is 28.8 Å². The van der Waals surface area contributed by atoms with E-state index in [9.17, 15) is 0 Å². The molecule has 4 nitrogen and oxygen atoms in total. The zero-order valence-corrected chi connectivity index (χ0v) is 12.1. The molecule has 0 bridgehead atoms. The minimum Gasteiger partial charge on any atom is -0.381 e. The number of nitrogens with one attached hydrogen (secondary N) is 1. The Morgan fingerprint density at radius 1 is 1.39 bits per heavy atom. The summed E-state index contributed by atoms with van der Waals surface area (Å²) in [6.45, 7) is 7.13. The quantitative estimate of drug-likeness (QED) is 0.862. The predicted molar refractivity (Wildman–Crippen MR) is 73.9 cm³/mol. The summed E-state index contributed by atoms with van der Waals surface area (Å²) in [6, 6.07) is 0.417. The van der Waals surface area contributed by atoms with Crippen LogP contribution >= 0.6 is 11.5 Å².